The summed E-state index contributed by atoms with van der Waals surface area (Å²) in [5, 5.41) is 0. The van der Waals surface area contributed by atoms with Crippen LogP contribution in [-0.4, -0.2) is 31.9 Å². The molecule has 0 aromatic rings. The Morgan fingerprint density at radius 3 is 2.25 bits per heavy atom. The highest BCUT2D eigenvalue weighted by atomic mass is 35.6. The highest BCUT2D eigenvalue weighted by Crippen LogP contribution is 2.30. The van der Waals surface area contributed by atoms with Gasteiger partial charge in [-0.05, 0) is 13.8 Å². The molecule has 0 rings (SSSR count). The minimum absolute atomic E-state index is 0.427. The lowest BCUT2D eigenvalue weighted by molar-refractivity contribution is 0.482. The number of hydrogen-bond acceptors (Lipinski definition) is 2. The van der Waals surface area contributed by atoms with E-state index in [-0.39, 0.29) is 0 Å². The number of halogens is 3. The van der Waals surface area contributed by atoms with E-state index in [9.17, 15) is 0 Å². The van der Waals surface area contributed by atoms with Gasteiger partial charge in [0.25, 0.3) is 0 Å². The lowest BCUT2D eigenvalue weighted by Gasteiger charge is -2.20. The Balaban J connectivity index is 3.77. The molecule has 0 N–H and O–H groups in total. The molecule has 0 fully saturated rings. The van der Waals surface area contributed by atoms with Gasteiger partial charge >= 0.3 is 0 Å². The molecular weight excluding hydrogens is 305 g/mol. The zero-order chi connectivity index (χ0) is 12.6. The van der Waals surface area contributed by atoms with Crippen LogP contribution in [0.25, 0.3) is 0 Å². The van der Waals surface area contributed by atoms with Crippen LogP contribution in [-0.2, 0) is 0 Å². The average molecular weight is 321 g/mol. The summed E-state index contributed by atoms with van der Waals surface area (Å²) >= 11 is 23.7. The molecule has 16 heavy (non-hydrogen) atoms. The first-order chi connectivity index (χ1) is 7.40. The summed E-state index contributed by atoms with van der Waals surface area (Å²) in [7, 11) is 0. The van der Waals surface area contributed by atoms with Gasteiger partial charge in [0, 0.05) is 25.3 Å². The zero-order valence-electron chi connectivity index (χ0n) is 9.38. The van der Waals surface area contributed by atoms with Crippen LogP contribution in [0.2, 0.25) is 0 Å². The van der Waals surface area contributed by atoms with Crippen molar-refractivity contribution in [3.05, 3.63) is 12.2 Å². The standard InChI is InChI=1S/C10H16Cl3NS2/c1-3-14(4-2)9(15)16-8-6-5-7-10(11,12)13/h5-6H,3-4,7-8H2,1-2H3/b6-5+. The molecule has 0 bridgehead atoms. The normalized spacial score (nSPS) is 12.1. The van der Waals surface area contributed by atoms with Crippen molar-refractivity contribution >= 4 is 63.1 Å². The van der Waals surface area contributed by atoms with Gasteiger partial charge in [-0.1, -0.05) is 70.9 Å². The average Bonchev–Trinajstić information content (AvgIpc) is 2.17. The highest BCUT2D eigenvalue weighted by molar-refractivity contribution is 8.23. The molecule has 6 heteroatoms. The van der Waals surface area contributed by atoms with Gasteiger partial charge in [-0.2, -0.15) is 0 Å². The molecule has 0 aliphatic rings. The molecule has 0 saturated carbocycles. The summed E-state index contributed by atoms with van der Waals surface area (Å²) < 4.78 is -0.274. The van der Waals surface area contributed by atoms with Crippen LogP contribution >= 0.6 is 58.8 Å². The monoisotopic (exact) mass is 319 g/mol. The molecule has 0 atom stereocenters. The Kier molecular flexibility index (Phi) is 9.34. The first kappa shape index (κ1) is 16.9. The number of alkyl halides is 3. The highest BCUT2D eigenvalue weighted by Gasteiger charge is 2.16. The van der Waals surface area contributed by atoms with Crippen LogP contribution < -0.4 is 0 Å². The number of allylic oxidation sites excluding steroid dienone is 1. The van der Waals surface area contributed by atoms with E-state index in [0.29, 0.717) is 6.42 Å². The molecule has 0 aromatic heterocycles. The van der Waals surface area contributed by atoms with Crippen molar-refractivity contribution in [2.75, 3.05) is 18.8 Å². The third-order valence-electron chi connectivity index (χ3n) is 1.84. The third-order valence-corrected chi connectivity index (χ3v) is 3.78. The fraction of sp³-hybridized carbons (Fsp3) is 0.700. The Labute approximate surface area is 122 Å². The second kappa shape index (κ2) is 8.87. The summed E-state index contributed by atoms with van der Waals surface area (Å²) in [4.78, 5) is 2.14. The second-order valence-electron chi connectivity index (χ2n) is 3.04. The molecule has 0 heterocycles. The van der Waals surface area contributed by atoms with E-state index in [0.717, 1.165) is 23.2 Å². The maximum Gasteiger partial charge on any atom is 0.194 e. The molecule has 0 aliphatic heterocycles. The van der Waals surface area contributed by atoms with Crippen LogP contribution in [0.1, 0.15) is 20.3 Å². The van der Waals surface area contributed by atoms with Gasteiger partial charge in [0.1, 0.15) is 4.32 Å². The zero-order valence-corrected chi connectivity index (χ0v) is 13.3. The Hall–Kier alpha value is 0.850. The summed E-state index contributed by atoms with van der Waals surface area (Å²) in [6, 6.07) is 0. The van der Waals surface area contributed by atoms with Crippen molar-refractivity contribution in [2.24, 2.45) is 0 Å². The van der Waals surface area contributed by atoms with Crippen LogP contribution in [0, 0.1) is 0 Å². The molecular formula is C10H16Cl3NS2. The summed E-state index contributed by atoms with van der Waals surface area (Å²) in [5.41, 5.74) is 0. The third kappa shape index (κ3) is 8.94. The fourth-order valence-electron chi connectivity index (χ4n) is 0.977. The number of rotatable bonds is 5. The van der Waals surface area contributed by atoms with Crippen molar-refractivity contribution in [3.63, 3.8) is 0 Å². The topological polar surface area (TPSA) is 3.24 Å². The first-order valence-electron chi connectivity index (χ1n) is 5.04. The molecule has 94 valence electrons. The van der Waals surface area contributed by atoms with Gasteiger partial charge in [0.15, 0.2) is 3.79 Å². The van der Waals surface area contributed by atoms with Gasteiger partial charge in [-0.15, -0.1) is 0 Å². The second-order valence-corrected chi connectivity index (χ2v) is 7.21. The van der Waals surface area contributed by atoms with E-state index in [4.69, 9.17) is 47.0 Å². The van der Waals surface area contributed by atoms with Crippen LogP contribution in [0.4, 0.5) is 0 Å². The van der Waals surface area contributed by atoms with Gasteiger partial charge in [0.2, 0.25) is 0 Å². The quantitative estimate of drug-likeness (QED) is 0.412. The lowest BCUT2D eigenvalue weighted by atomic mass is 10.4. The van der Waals surface area contributed by atoms with Crippen LogP contribution in [0.5, 0.6) is 0 Å². The Bertz CT molecular complexity index is 235. The summed E-state index contributed by atoms with van der Waals surface area (Å²) in [6.07, 6.45) is 4.27. The molecule has 0 aliphatic carbocycles. The smallest absolute Gasteiger partial charge is 0.194 e. The molecule has 0 saturated heterocycles. The Morgan fingerprint density at radius 2 is 1.81 bits per heavy atom. The molecule has 1 nitrogen and oxygen atoms in total. The van der Waals surface area contributed by atoms with E-state index in [1.54, 1.807) is 11.8 Å². The fourth-order valence-corrected chi connectivity index (χ4v) is 2.52. The van der Waals surface area contributed by atoms with Crippen molar-refractivity contribution in [1.29, 1.82) is 0 Å². The number of thioether (sulfide) groups is 1. The van der Waals surface area contributed by atoms with Crippen molar-refractivity contribution in [1.82, 2.24) is 4.90 Å². The van der Waals surface area contributed by atoms with Crippen molar-refractivity contribution in [3.8, 4) is 0 Å². The largest absolute Gasteiger partial charge is 0.358 e. The van der Waals surface area contributed by atoms with Gasteiger partial charge < -0.3 is 4.90 Å². The van der Waals surface area contributed by atoms with E-state index >= 15 is 0 Å². The molecule has 0 unspecified atom stereocenters. The van der Waals surface area contributed by atoms with E-state index in [1.165, 1.54) is 0 Å². The molecule has 0 radical (unpaired) electrons. The molecule has 0 aromatic carbocycles. The molecule has 0 spiro atoms. The maximum absolute atomic E-state index is 5.61. The number of nitrogens with zero attached hydrogens (tertiary/aromatic N) is 1. The minimum Gasteiger partial charge on any atom is -0.358 e. The van der Waals surface area contributed by atoms with Gasteiger partial charge in [-0.25, -0.2) is 0 Å². The lowest BCUT2D eigenvalue weighted by Crippen LogP contribution is -2.26. The van der Waals surface area contributed by atoms with Gasteiger partial charge in [0.05, 0.1) is 0 Å². The van der Waals surface area contributed by atoms with Crippen LogP contribution in [0.3, 0.4) is 0 Å². The van der Waals surface area contributed by atoms with Gasteiger partial charge in [-0.3, -0.25) is 0 Å². The summed E-state index contributed by atoms with van der Waals surface area (Å²) in [5.74, 6) is 0.816. The van der Waals surface area contributed by atoms with E-state index in [1.807, 2.05) is 12.2 Å². The first-order valence-corrected chi connectivity index (χ1v) is 7.57. The van der Waals surface area contributed by atoms with Crippen molar-refractivity contribution < 1.29 is 0 Å². The van der Waals surface area contributed by atoms with E-state index < -0.39 is 3.79 Å². The van der Waals surface area contributed by atoms with E-state index in [2.05, 4.69) is 18.7 Å². The van der Waals surface area contributed by atoms with Crippen LogP contribution in [0.15, 0.2) is 12.2 Å². The Morgan fingerprint density at radius 1 is 1.25 bits per heavy atom. The molecule has 0 amide bonds. The SMILES string of the molecule is CCN(CC)C(=S)SC/C=C/CC(Cl)(Cl)Cl. The summed E-state index contributed by atoms with van der Waals surface area (Å²) in [6.45, 7) is 6.07. The maximum atomic E-state index is 5.61. The predicted molar refractivity (Wildman–Crippen MR) is 82.0 cm³/mol. The predicted octanol–water partition coefficient (Wildman–Crippen LogP) is 4.66. The number of thiocarbonyl (C=S) groups is 1. The minimum atomic E-state index is -1.19. The number of hydrogen-bond donors (Lipinski definition) is 0. The van der Waals surface area contributed by atoms with Crippen molar-refractivity contribution in [2.45, 2.75) is 24.1 Å².